The third-order valence-corrected chi connectivity index (χ3v) is 6.32. The summed E-state index contributed by atoms with van der Waals surface area (Å²) in [5, 5.41) is 18.3. The van der Waals surface area contributed by atoms with Crippen LogP contribution >= 0.6 is 0 Å². The van der Waals surface area contributed by atoms with Gasteiger partial charge in [-0.25, -0.2) is 23.5 Å². The second-order valence-corrected chi connectivity index (χ2v) is 8.60. The molecule has 0 bridgehead atoms. The van der Waals surface area contributed by atoms with Crippen LogP contribution in [0.5, 0.6) is 0 Å². The summed E-state index contributed by atoms with van der Waals surface area (Å²) in [4.78, 5) is 22.0. The second kappa shape index (κ2) is 8.90. The van der Waals surface area contributed by atoms with Crippen LogP contribution in [-0.4, -0.2) is 48.1 Å². The number of aliphatic carboxylic acids is 1. The van der Waals surface area contributed by atoms with E-state index in [0.29, 0.717) is 35.6 Å². The van der Waals surface area contributed by atoms with Crippen LogP contribution in [0.25, 0.3) is 22.9 Å². The summed E-state index contributed by atoms with van der Waals surface area (Å²) in [5.41, 5.74) is 0.422. The quantitative estimate of drug-likeness (QED) is 0.438. The van der Waals surface area contributed by atoms with Crippen LogP contribution in [0.3, 0.4) is 0 Å². The van der Waals surface area contributed by atoms with Gasteiger partial charge < -0.3 is 14.5 Å². The highest BCUT2D eigenvalue weighted by atomic mass is 19.1. The van der Waals surface area contributed by atoms with Gasteiger partial charge in [-0.3, -0.25) is 4.68 Å². The van der Waals surface area contributed by atoms with Gasteiger partial charge in [0.25, 0.3) is 0 Å². The highest BCUT2D eigenvalue weighted by Crippen LogP contribution is 2.34. The van der Waals surface area contributed by atoms with Gasteiger partial charge in [-0.05, 0) is 38.3 Å². The van der Waals surface area contributed by atoms with Gasteiger partial charge in [-0.15, -0.1) is 0 Å². The zero-order chi connectivity index (χ0) is 24.6. The molecule has 1 saturated heterocycles. The Morgan fingerprint density at radius 1 is 1.17 bits per heavy atom. The van der Waals surface area contributed by atoms with Gasteiger partial charge in [0.2, 0.25) is 0 Å². The Bertz CT molecular complexity index is 1370. The molecule has 1 fully saturated rings. The lowest BCUT2D eigenvalue weighted by atomic mass is 9.88. The van der Waals surface area contributed by atoms with Crippen LogP contribution in [0.15, 0.2) is 53.4 Å². The second-order valence-electron chi connectivity index (χ2n) is 8.60. The fourth-order valence-corrected chi connectivity index (χ4v) is 4.34. The number of anilines is 1. The lowest BCUT2D eigenvalue weighted by Gasteiger charge is -2.42. The molecule has 4 heterocycles. The van der Waals surface area contributed by atoms with Crippen molar-refractivity contribution in [3.05, 3.63) is 66.1 Å². The average Bonchev–Trinajstić information content (AvgIpc) is 3.52. The smallest absolute Gasteiger partial charge is 0.329 e. The maximum absolute atomic E-state index is 14.9. The predicted octanol–water partition coefficient (Wildman–Crippen LogP) is 4.16. The molecule has 3 aromatic heterocycles. The number of carboxylic acid groups (broad SMARTS) is 1. The molecule has 180 valence electrons. The van der Waals surface area contributed by atoms with Gasteiger partial charge in [0.1, 0.15) is 29.0 Å². The van der Waals surface area contributed by atoms with Crippen LogP contribution in [0.1, 0.15) is 31.7 Å². The number of carboxylic acids is 1. The monoisotopic (exact) mass is 480 g/mol. The van der Waals surface area contributed by atoms with Crippen molar-refractivity contribution in [1.29, 1.82) is 0 Å². The van der Waals surface area contributed by atoms with E-state index in [1.807, 2.05) is 0 Å². The zero-order valence-corrected chi connectivity index (χ0v) is 18.9. The summed E-state index contributed by atoms with van der Waals surface area (Å²) in [7, 11) is 0. The van der Waals surface area contributed by atoms with Gasteiger partial charge in [0, 0.05) is 18.2 Å². The largest absolute Gasteiger partial charge is 0.480 e. The Labute approximate surface area is 199 Å². The fourth-order valence-electron chi connectivity index (χ4n) is 4.34. The van der Waals surface area contributed by atoms with Gasteiger partial charge in [-0.1, -0.05) is 23.4 Å². The molecule has 35 heavy (non-hydrogen) atoms. The summed E-state index contributed by atoms with van der Waals surface area (Å²) >= 11 is 0. The van der Waals surface area contributed by atoms with E-state index in [1.54, 1.807) is 41.9 Å². The standard InChI is InChI=1S/C24H22F2N6O3/c1-24(23(33)34)9-4-5-10-31(24)22-17(26)13-27-21(28-22)19-12-20(18-8-11-35-30-18)32(29-19)14-15-6-2-3-7-16(15)25/h2-3,6-8,11-13H,4-5,9-10,14H2,1H3,(H,33,34). The summed E-state index contributed by atoms with van der Waals surface area (Å²) in [6, 6.07) is 9.64. The van der Waals surface area contributed by atoms with Gasteiger partial charge in [0.15, 0.2) is 17.5 Å². The Kier molecular flexibility index (Phi) is 5.75. The first-order valence-corrected chi connectivity index (χ1v) is 11.1. The number of rotatable bonds is 6. The molecule has 5 rings (SSSR count). The fraction of sp³-hybridized carbons (Fsp3) is 0.292. The minimum Gasteiger partial charge on any atom is -0.480 e. The normalized spacial score (nSPS) is 18.1. The number of carbonyl (C=O) groups is 1. The number of aromatic nitrogens is 5. The molecule has 1 atom stereocenters. The molecule has 0 amide bonds. The van der Waals surface area contributed by atoms with Crippen molar-refractivity contribution in [3.8, 4) is 22.9 Å². The van der Waals surface area contributed by atoms with Crippen LogP contribution in [-0.2, 0) is 11.3 Å². The van der Waals surface area contributed by atoms with E-state index in [9.17, 15) is 18.7 Å². The van der Waals surface area contributed by atoms with Crippen LogP contribution in [0.4, 0.5) is 14.6 Å². The molecule has 11 heteroatoms. The molecular weight excluding hydrogens is 458 g/mol. The maximum atomic E-state index is 14.9. The number of hydrogen-bond donors (Lipinski definition) is 1. The topological polar surface area (TPSA) is 110 Å². The van der Waals surface area contributed by atoms with E-state index >= 15 is 0 Å². The van der Waals surface area contributed by atoms with Gasteiger partial charge in [-0.2, -0.15) is 5.10 Å². The predicted molar refractivity (Wildman–Crippen MR) is 121 cm³/mol. The van der Waals surface area contributed by atoms with E-state index in [2.05, 4.69) is 20.2 Å². The van der Waals surface area contributed by atoms with Crippen molar-refractivity contribution in [1.82, 2.24) is 24.9 Å². The molecular formula is C24H22F2N6O3. The summed E-state index contributed by atoms with van der Waals surface area (Å²) in [6.07, 6.45) is 4.23. The maximum Gasteiger partial charge on any atom is 0.329 e. The molecule has 1 aliphatic heterocycles. The number of nitrogens with zero attached hydrogens (tertiary/aromatic N) is 6. The van der Waals surface area contributed by atoms with Crippen LogP contribution in [0, 0.1) is 11.6 Å². The first-order valence-electron chi connectivity index (χ1n) is 11.1. The molecule has 0 radical (unpaired) electrons. The summed E-state index contributed by atoms with van der Waals surface area (Å²) in [5.74, 6) is -2.12. The first-order chi connectivity index (χ1) is 16.9. The number of halogens is 2. The van der Waals surface area contributed by atoms with Gasteiger partial charge in [0.05, 0.1) is 18.4 Å². The Balaban J connectivity index is 1.58. The molecule has 1 N–H and O–H groups in total. The van der Waals surface area contributed by atoms with Gasteiger partial charge >= 0.3 is 5.97 Å². The number of benzene rings is 1. The van der Waals surface area contributed by atoms with Crippen LogP contribution < -0.4 is 4.90 Å². The lowest BCUT2D eigenvalue weighted by Crippen LogP contribution is -2.56. The average molecular weight is 480 g/mol. The molecule has 1 aliphatic rings. The third-order valence-electron chi connectivity index (χ3n) is 6.32. The highest BCUT2D eigenvalue weighted by molar-refractivity contribution is 5.83. The Hall–Kier alpha value is -4.15. The molecule has 4 aromatic rings. The summed E-state index contributed by atoms with van der Waals surface area (Å²) < 4.78 is 35.7. The third kappa shape index (κ3) is 4.13. The first kappa shape index (κ1) is 22.6. The Morgan fingerprint density at radius 2 is 2.00 bits per heavy atom. The molecule has 9 nitrogen and oxygen atoms in total. The molecule has 0 aliphatic carbocycles. The van der Waals surface area contributed by atoms with E-state index < -0.39 is 17.3 Å². The van der Waals surface area contributed by atoms with E-state index in [-0.39, 0.29) is 24.0 Å². The zero-order valence-electron chi connectivity index (χ0n) is 18.9. The van der Waals surface area contributed by atoms with Crippen molar-refractivity contribution in [2.45, 2.75) is 38.3 Å². The number of piperidine rings is 1. The lowest BCUT2D eigenvalue weighted by molar-refractivity contribution is -0.143. The number of hydrogen-bond acceptors (Lipinski definition) is 7. The van der Waals surface area contributed by atoms with Crippen molar-refractivity contribution < 1.29 is 23.2 Å². The van der Waals surface area contributed by atoms with Crippen molar-refractivity contribution in [3.63, 3.8) is 0 Å². The SMILES string of the molecule is CC1(C(=O)O)CCCCN1c1nc(-c2cc(-c3ccon3)n(Cc3ccccc3F)n2)ncc1F. The van der Waals surface area contributed by atoms with E-state index in [0.717, 1.165) is 19.0 Å². The molecule has 0 saturated carbocycles. The summed E-state index contributed by atoms with van der Waals surface area (Å²) in [6.45, 7) is 2.02. The molecule has 1 unspecified atom stereocenters. The molecule has 0 spiro atoms. The minimum atomic E-state index is -1.29. The highest BCUT2D eigenvalue weighted by Gasteiger charge is 2.43. The van der Waals surface area contributed by atoms with Crippen LogP contribution in [0.2, 0.25) is 0 Å². The molecule has 1 aromatic carbocycles. The van der Waals surface area contributed by atoms with Crippen molar-refractivity contribution in [2.75, 3.05) is 11.4 Å². The van der Waals surface area contributed by atoms with E-state index in [1.165, 1.54) is 17.2 Å². The minimum absolute atomic E-state index is 0.0914. The van der Waals surface area contributed by atoms with Crippen molar-refractivity contribution in [2.24, 2.45) is 0 Å². The Morgan fingerprint density at radius 3 is 2.74 bits per heavy atom. The van der Waals surface area contributed by atoms with Crippen molar-refractivity contribution >= 4 is 11.8 Å². The van der Waals surface area contributed by atoms with E-state index in [4.69, 9.17) is 4.52 Å².